The lowest BCUT2D eigenvalue weighted by Crippen LogP contribution is -2.56. The van der Waals surface area contributed by atoms with Gasteiger partial charge in [0.1, 0.15) is 11.5 Å². The fourth-order valence-corrected chi connectivity index (χ4v) is 4.34. The lowest BCUT2D eigenvalue weighted by Gasteiger charge is -2.35. The number of rotatable bonds is 6. The standard InChI is InChI=1S/C23H31N5O3/c1-18-6-7-20(31-18)17-28-12-9-25-23(30)21(28)15-22(29)27-11-4-10-26(13-14-27)16-19-5-2-3-8-24-19/h2-3,5-8,21H,4,9-17H2,1H3,(H,25,30). The second-order valence-electron chi connectivity index (χ2n) is 8.33. The second kappa shape index (κ2) is 10.1. The van der Waals surface area contributed by atoms with Gasteiger partial charge in [-0.25, -0.2) is 0 Å². The average Bonchev–Trinajstić information content (AvgIpc) is 3.03. The Labute approximate surface area is 183 Å². The van der Waals surface area contributed by atoms with E-state index in [0.29, 0.717) is 26.2 Å². The Hall–Kier alpha value is -2.71. The molecule has 166 valence electrons. The van der Waals surface area contributed by atoms with Crippen LogP contribution in [0.25, 0.3) is 0 Å². The normalized spacial score (nSPS) is 21.0. The van der Waals surface area contributed by atoms with Crippen LogP contribution in [0.2, 0.25) is 0 Å². The highest BCUT2D eigenvalue weighted by Gasteiger charge is 2.33. The Morgan fingerprint density at radius 2 is 2.03 bits per heavy atom. The van der Waals surface area contributed by atoms with Gasteiger partial charge in [-0.15, -0.1) is 0 Å². The third-order valence-electron chi connectivity index (χ3n) is 6.02. The molecule has 8 nitrogen and oxygen atoms in total. The number of pyridine rings is 1. The second-order valence-corrected chi connectivity index (χ2v) is 8.33. The summed E-state index contributed by atoms with van der Waals surface area (Å²) < 4.78 is 5.69. The minimum Gasteiger partial charge on any atom is -0.465 e. The van der Waals surface area contributed by atoms with Crippen LogP contribution in [0.5, 0.6) is 0 Å². The van der Waals surface area contributed by atoms with Crippen LogP contribution in [0, 0.1) is 6.92 Å². The van der Waals surface area contributed by atoms with Crippen LogP contribution < -0.4 is 5.32 Å². The lowest BCUT2D eigenvalue weighted by molar-refractivity contribution is -0.139. The van der Waals surface area contributed by atoms with Gasteiger partial charge in [-0.2, -0.15) is 0 Å². The minimum absolute atomic E-state index is 0.0439. The molecule has 1 unspecified atom stereocenters. The maximum Gasteiger partial charge on any atom is 0.237 e. The van der Waals surface area contributed by atoms with Crippen molar-refractivity contribution in [2.75, 3.05) is 39.3 Å². The zero-order valence-electron chi connectivity index (χ0n) is 18.1. The molecule has 2 fully saturated rings. The van der Waals surface area contributed by atoms with E-state index in [1.165, 1.54) is 0 Å². The van der Waals surface area contributed by atoms with Gasteiger partial charge in [0.2, 0.25) is 11.8 Å². The Balaban J connectivity index is 1.34. The number of piperazine rings is 1. The molecule has 1 N–H and O–H groups in total. The Bertz CT molecular complexity index is 884. The summed E-state index contributed by atoms with van der Waals surface area (Å²) in [6.45, 7) is 7.70. The summed E-state index contributed by atoms with van der Waals surface area (Å²) in [5.74, 6) is 1.64. The molecule has 2 amide bonds. The highest BCUT2D eigenvalue weighted by molar-refractivity contribution is 5.88. The molecule has 0 saturated carbocycles. The largest absolute Gasteiger partial charge is 0.465 e. The third-order valence-corrected chi connectivity index (χ3v) is 6.02. The van der Waals surface area contributed by atoms with Crippen LogP contribution in [0.4, 0.5) is 0 Å². The highest BCUT2D eigenvalue weighted by atomic mass is 16.3. The number of nitrogens with zero attached hydrogens (tertiary/aromatic N) is 4. The topological polar surface area (TPSA) is 81.9 Å². The number of hydrogen-bond donors (Lipinski definition) is 1. The number of carbonyl (C=O) groups excluding carboxylic acids is 2. The van der Waals surface area contributed by atoms with Crippen LogP contribution in [-0.4, -0.2) is 76.8 Å². The summed E-state index contributed by atoms with van der Waals surface area (Å²) >= 11 is 0. The molecule has 0 aliphatic carbocycles. The molecule has 31 heavy (non-hydrogen) atoms. The molecule has 4 heterocycles. The predicted octanol–water partition coefficient (Wildman–Crippen LogP) is 1.41. The van der Waals surface area contributed by atoms with Gasteiger partial charge in [0.05, 0.1) is 24.7 Å². The summed E-state index contributed by atoms with van der Waals surface area (Å²) in [7, 11) is 0. The monoisotopic (exact) mass is 425 g/mol. The SMILES string of the molecule is Cc1ccc(CN2CCNC(=O)C2CC(=O)N2CCCN(Cc3ccccn3)CC2)o1. The average molecular weight is 426 g/mol. The van der Waals surface area contributed by atoms with Crippen molar-refractivity contribution in [3.63, 3.8) is 0 Å². The molecule has 8 heteroatoms. The van der Waals surface area contributed by atoms with Gasteiger partial charge < -0.3 is 14.6 Å². The molecule has 2 saturated heterocycles. The maximum absolute atomic E-state index is 13.1. The zero-order valence-corrected chi connectivity index (χ0v) is 18.1. The molecule has 0 aromatic carbocycles. The summed E-state index contributed by atoms with van der Waals surface area (Å²) in [6, 6.07) is 9.36. The molecule has 1 atom stereocenters. The van der Waals surface area contributed by atoms with Crippen LogP contribution in [0.1, 0.15) is 30.1 Å². The first kappa shape index (κ1) is 21.5. The van der Waals surface area contributed by atoms with Crippen LogP contribution >= 0.6 is 0 Å². The molecule has 0 radical (unpaired) electrons. The van der Waals surface area contributed by atoms with Gasteiger partial charge in [0.25, 0.3) is 0 Å². The van der Waals surface area contributed by atoms with E-state index in [4.69, 9.17) is 4.42 Å². The lowest BCUT2D eigenvalue weighted by atomic mass is 10.1. The molecular formula is C23H31N5O3. The summed E-state index contributed by atoms with van der Waals surface area (Å²) in [6.07, 6.45) is 2.94. The van der Waals surface area contributed by atoms with Crippen LogP contribution in [0.3, 0.4) is 0 Å². The van der Waals surface area contributed by atoms with E-state index in [9.17, 15) is 9.59 Å². The molecule has 2 aromatic rings. The number of aromatic nitrogens is 1. The van der Waals surface area contributed by atoms with E-state index in [-0.39, 0.29) is 18.2 Å². The molecule has 4 rings (SSSR count). The van der Waals surface area contributed by atoms with Crippen LogP contribution in [-0.2, 0) is 22.7 Å². The van der Waals surface area contributed by atoms with E-state index in [1.807, 2.05) is 48.4 Å². The Kier molecular flexibility index (Phi) is 6.99. The zero-order chi connectivity index (χ0) is 21.6. The van der Waals surface area contributed by atoms with Crippen molar-refractivity contribution < 1.29 is 14.0 Å². The third kappa shape index (κ3) is 5.71. The van der Waals surface area contributed by atoms with Crippen molar-refractivity contribution in [3.05, 3.63) is 53.7 Å². The van der Waals surface area contributed by atoms with Gasteiger partial charge in [-0.1, -0.05) is 6.07 Å². The first-order valence-corrected chi connectivity index (χ1v) is 11.1. The number of furan rings is 1. The summed E-state index contributed by atoms with van der Waals surface area (Å²) in [5.41, 5.74) is 1.05. The minimum atomic E-state index is -0.459. The smallest absolute Gasteiger partial charge is 0.237 e. The number of amides is 2. The fraction of sp³-hybridized carbons (Fsp3) is 0.522. The number of aryl methyl sites for hydroxylation is 1. The van der Waals surface area contributed by atoms with Gasteiger partial charge in [-0.3, -0.25) is 24.4 Å². The number of hydrogen-bond acceptors (Lipinski definition) is 6. The van der Waals surface area contributed by atoms with Crippen molar-refractivity contribution in [1.29, 1.82) is 0 Å². The van der Waals surface area contributed by atoms with E-state index < -0.39 is 6.04 Å². The fourth-order valence-electron chi connectivity index (χ4n) is 4.34. The molecule has 0 bridgehead atoms. The molecule has 2 aliphatic heterocycles. The van der Waals surface area contributed by atoms with E-state index in [2.05, 4.69) is 20.1 Å². The summed E-state index contributed by atoms with van der Waals surface area (Å²) in [4.78, 5) is 36.4. The molecular weight excluding hydrogens is 394 g/mol. The van der Waals surface area contributed by atoms with Gasteiger partial charge in [0, 0.05) is 52.0 Å². The van der Waals surface area contributed by atoms with Gasteiger partial charge in [0.15, 0.2) is 0 Å². The van der Waals surface area contributed by atoms with Crippen molar-refractivity contribution in [3.8, 4) is 0 Å². The van der Waals surface area contributed by atoms with E-state index in [0.717, 1.165) is 49.8 Å². The van der Waals surface area contributed by atoms with Crippen molar-refractivity contribution in [2.45, 2.75) is 38.9 Å². The predicted molar refractivity (Wildman–Crippen MR) is 116 cm³/mol. The van der Waals surface area contributed by atoms with Gasteiger partial charge in [-0.05, 0) is 37.6 Å². The highest BCUT2D eigenvalue weighted by Crippen LogP contribution is 2.17. The first-order valence-electron chi connectivity index (χ1n) is 11.1. The Morgan fingerprint density at radius 3 is 2.81 bits per heavy atom. The first-order chi connectivity index (χ1) is 15.1. The van der Waals surface area contributed by atoms with E-state index in [1.54, 1.807) is 0 Å². The molecule has 0 spiro atoms. The maximum atomic E-state index is 13.1. The number of nitrogens with one attached hydrogen (secondary N) is 1. The number of carbonyl (C=O) groups is 2. The van der Waals surface area contributed by atoms with Crippen molar-refractivity contribution in [2.24, 2.45) is 0 Å². The molecule has 2 aromatic heterocycles. The van der Waals surface area contributed by atoms with Gasteiger partial charge >= 0.3 is 0 Å². The van der Waals surface area contributed by atoms with Crippen LogP contribution in [0.15, 0.2) is 40.9 Å². The van der Waals surface area contributed by atoms with Crippen molar-refractivity contribution >= 4 is 11.8 Å². The quantitative estimate of drug-likeness (QED) is 0.754. The van der Waals surface area contributed by atoms with E-state index >= 15 is 0 Å². The Morgan fingerprint density at radius 1 is 1.13 bits per heavy atom. The molecule has 2 aliphatic rings. The summed E-state index contributed by atoms with van der Waals surface area (Å²) in [5, 5.41) is 2.91. The van der Waals surface area contributed by atoms with Crippen molar-refractivity contribution in [1.82, 2.24) is 25.0 Å².